The van der Waals surface area contributed by atoms with E-state index in [-0.39, 0.29) is 12.4 Å². The zero-order chi connectivity index (χ0) is 13.0. The molecule has 5 heteroatoms. The molecular weight excluding hydrogens is 270 g/mol. The number of rotatable bonds is 3. The summed E-state index contributed by atoms with van der Waals surface area (Å²) in [6.07, 6.45) is 3.39. The van der Waals surface area contributed by atoms with Crippen molar-refractivity contribution in [1.29, 1.82) is 0 Å². The molecular formula is C14H21ClF2N2. The summed E-state index contributed by atoms with van der Waals surface area (Å²) in [7, 11) is 2.03. The van der Waals surface area contributed by atoms with Gasteiger partial charge in [-0.3, -0.25) is 4.90 Å². The van der Waals surface area contributed by atoms with Crippen molar-refractivity contribution in [1.82, 2.24) is 10.2 Å². The molecule has 1 saturated heterocycles. The fourth-order valence-corrected chi connectivity index (χ4v) is 2.56. The quantitative estimate of drug-likeness (QED) is 0.921. The van der Waals surface area contributed by atoms with Gasteiger partial charge in [0.25, 0.3) is 0 Å². The summed E-state index contributed by atoms with van der Waals surface area (Å²) in [4.78, 5) is 2.20. The molecule has 0 radical (unpaired) electrons. The molecule has 0 spiro atoms. The Morgan fingerprint density at radius 1 is 1.16 bits per heavy atom. The van der Waals surface area contributed by atoms with Crippen LogP contribution >= 0.6 is 12.4 Å². The van der Waals surface area contributed by atoms with Gasteiger partial charge in [-0.25, -0.2) is 8.78 Å². The van der Waals surface area contributed by atoms with Gasteiger partial charge in [-0.1, -0.05) is 0 Å². The van der Waals surface area contributed by atoms with Crippen LogP contribution in [0.2, 0.25) is 0 Å². The fourth-order valence-electron chi connectivity index (χ4n) is 2.56. The van der Waals surface area contributed by atoms with E-state index in [9.17, 15) is 8.78 Å². The molecule has 1 atom stereocenters. The standard InChI is InChI=1S/C14H20F2N2.ClH/c1-18(14-3-2-5-17-6-4-14)10-11-7-12(15)9-13(16)8-11;/h7-9,14,17H,2-6,10H2,1H3;1H. The number of hydrogen-bond acceptors (Lipinski definition) is 2. The van der Waals surface area contributed by atoms with E-state index in [4.69, 9.17) is 0 Å². The Kier molecular flexibility index (Phi) is 6.69. The molecule has 1 unspecified atom stereocenters. The first-order chi connectivity index (χ1) is 8.65. The minimum absolute atomic E-state index is 0. The number of nitrogens with zero attached hydrogens (tertiary/aromatic N) is 1. The molecule has 1 heterocycles. The van der Waals surface area contributed by atoms with Gasteiger partial charge in [0.05, 0.1) is 0 Å². The lowest BCUT2D eigenvalue weighted by Crippen LogP contribution is -2.32. The Labute approximate surface area is 119 Å². The molecule has 0 aliphatic carbocycles. The molecule has 0 amide bonds. The summed E-state index contributed by atoms with van der Waals surface area (Å²) in [5, 5.41) is 3.37. The van der Waals surface area contributed by atoms with Crippen LogP contribution in [-0.4, -0.2) is 31.1 Å². The smallest absolute Gasteiger partial charge is 0.126 e. The predicted molar refractivity (Wildman–Crippen MR) is 75.6 cm³/mol. The molecule has 19 heavy (non-hydrogen) atoms. The van der Waals surface area contributed by atoms with Crippen molar-refractivity contribution in [2.45, 2.75) is 31.8 Å². The van der Waals surface area contributed by atoms with Gasteiger partial charge >= 0.3 is 0 Å². The van der Waals surface area contributed by atoms with E-state index in [0.29, 0.717) is 18.2 Å². The van der Waals surface area contributed by atoms with E-state index in [0.717, 1.165) is 38.4 Å². The minimum atomic E-state index is -0.499. The van der Waals surface area contributed by atoms with Gasteiger partial charge in [-0.05, 0) is 57.1 Å². The first kappa shape index (κ1) is 16.3. The van der Waals surface area contributed by atoms with Gasteiger partial charge < -0.3 is 5.32 Å². The fraction of sp³-hybridized carbons (Fsp3) is 0.571. The summed E-state index contributed by atoms with van der Waals surface area (Å²) in [5.41, 5.74) is 0.701. The Morgan fingerprint density at radius 2 is 1.84 bits per heavy atom. The largest absolute Gasteiger partial charge is 0.317 e. The first-order valence-corrected chi connectivity index (χ1v) is 6.51. The minimum Gasteiger partial charge on any atom is -0.317 e. The average Bonchev–Trinajstić information content (AvgIpc) is 2.55. The molecule has 0 bridgehead atoms. The number of halogens is 3. The van der Waals surface area contributed by atoms with Crippen LogP contribution in [0.1, 0.15) is 24.8 Å². The average molecular weight is 291 g/mol. The van der Waals surface area contributed by atoms with Gasteiger partial charge in [-0.2, -0.15) is 0 Å². The Morgan fingerprint density at radius 3 is 2.53 bits per heavy atom. The van der Waals surface area contributed by atoms with E-state index in [1.165, 1.54) is 12.1 Å². The highest BCUT2D eigenvalue weighted by atomic mass is 35.5. The van der Waals surface area contributed by atoms with Crippen LogP contribution < -0.4 is 5.32 Å². The van der Waals surface area contributed by atoms with Gasteiger partial charge in [0.15, 0.2) is 0 Å². The predicted octanol–water partition coefficient (Wildman–Crippen LogP) is 2.96. The topological polar surface area (TPSA) is 15.3 Å². The van der Waals surface area contributed by atoms with Crippen LogP contribution in [0.5, 0.6) is 0 Å². The van der Waals surface area contributed by atoms with E-state index in [2.05, 4.69) is 10.2 Å². The Balaban J connectivity index is 0.00000180. The lowest BCUT2D eigenvalue weighted by molar-refractivity contribution is 0.216. The third kappa shape index (κ3) is 5.05. The maximum atomic E-state index is 13.1. The van der Waals surface area contributed by atoms with E-state index in [1.807, 2.05) is 7.05 Å². The SMILES string of the molecule is CN(Cc1cc(F)cc(F)c1)C1CCCNCC1.Cl. The molecule has 0 saturated carbocycles. The summed E-state index contributed by atoms with van der Waals surface area (Å²) in [6.45, 7) is 2.69. The zero-order valence-electron chi connectivity index (χ0n) is 11.2. The van der Waals surface area contributed by atoms with Crippen molar-refractivity contribution in [2.24, 2.45) is 0 Å². The Bertz CT molecular complexity index is 373. The molecule has 1 aromatic rings. The second kappa shape index (κ2) is 7.78. The molecule has 0 aromatic heterocycles. The third-order valence-corrected chi connectivity index (χ3v) is 3.52. The normalized spacial score (nSPS) is 19.9. The maximum Gasteiger partial charge on any atom is 0.126 e. The van der Waals surface area contributed by atoms with Crippen LogP contribution in [0.4, 0.5) is 8.78 Å². The molecule has 2 nitrogen and oxygen atoms in total. The number of benzene rings is 1. The van der Waals surface area contributed by atoms with E-state index >= 15 is 0 Å². The maximum absolute atomic E-state index is 13.1. The number of hydrogen-bond donors (Lipinski definition) is 1. The molecule has 1 aliphatic heterocycles. The van der Waals surface area contributed by atoms with E-state index in [1.54, 1.807) is 0 Å². The van der Waals surface area contributed by atoms with Gasteiger partial charge in [-0.15, -0.1) is 12.4 Å². The van der Waals surface area contributed by atoms with Crippen LogP contribution in [0, 0.1) is 11.6 Å². The lowest BCUT2D eigenvalue weighted by atomic mass is 10.1. The molecule has 108 valence electrons. The zero-order valence-corrected chi connectivity index (χ0v) is 12.0. The molecule has 1 aliphatic rings. The molecule has 2 rings (SSSR count). The van der Waals surface area contributed by atoms with Crippen molar-refractivity contribution in [2.75, 3.05) is 20.1 Å². The van der Waals surface area contributed by atoms with Crippen LogP contribution in [-0.2, 0) is 6.54 Å². The monoisotopic (exact) mass is 290 g/mol. The second-order valence-electron chi connectivity index (χ2n) is 5.03. The first-order valence-electron chi connectivity index (χ1n) is 6.51. The van der Waals surface area contributed by atoms with Crippen molar-refractivity contribution >= 4 is 12.4 Å². The molecule has 1 aromatic carbocycles. The highest BCUT2D eigenvalue weighted by Crippen LogP contribution is 2.16. The van der Waals surface area contributed by atoms with Gasteiger partial charge in [0, 0.05) is 18.7 Å². The highest BCUT2D eigenvalue weighted by Gasteiger charge is 2.17. The Hall–Kier alpha value is -0.710. The third-order valence-electron chi connectivity index (χ3n) is 3.52. The number of nitrogens with one attached hydrogen (secondary N) is 1. The van der Waals surface area contributed by atoms with Crippen LogP contribution in [0.25, 0.3) is 0 Å². The molecule has 1 N–H and O–H groups in total. The molecule has 1 fully saturated rings. The lowest BCUT2D eigenvalue weighted by Gasteiger charge is -2.26. The summed E-state index contributed by atoms with van der Waals surface area (Å²) < 4.78 is 26.2. The summed E-state index contributed by atoms with van der Waals surface area (Å²) in [5.74, 6) is -0.998. The van der Waals surface area contributed by atoms with Gasteiger partial charge in [0.1, 0.15) is 11.6 Å². The van der Waals surface area contributed by atoms with Crippen molar-refractivity contribution < 1.29 is 8.78 Å². The van der Waals surface area contributed by atoms with Crippen molar-refractivity contribution in [3.05, 3.63) is 35.4 Å². The summed E-state index contributed by atoms with van der Waals surface area (Å²) in [6, 6.07) is 4.23. The summed E-state index contributed by atoms with van der Waals surface area (Å²) >= 11 is 0. The second-order valence-corrected chi connectivity index (χ2v) is 5.03. The van der Waals surface area contributed by atoms with Gasteiger partial charge in [0.2, 0.25) is 0 Å². The van der Waals surface area contributed by atoms with Crippen molar-refractivity contribution in [3.63, 3.8) is 0 Å². The van der Waals surface area contributed by atoms with Crippen LogP contribution in [0.15, 0.2) is 18.2 Å². The van der Waals surface area contributed by atoms with Crippen LogP contribution in [0.3, 0.4) is 0 Å². The van der Waals surface area contributed by atoms with Crippen molar-refractivity contribution in [3.8, 4) is 0 Å². The van der Waals surface area contributed by atoms with E-state index < -0.39 is 11.6 Å². The highest BCUT2D eigenvalue weighted by molar-refractivity contribution is 5.85.